The van der Waals surface area contributed by atoms with Gasteiger partial charge in [0, 0.05) is 19.3 Å². The van der Waals surface area contributed by atoms with Gasteiger partial charge in [0.2, 0.25) is 5.91 Å². The van der Waals surface area contributed by atoms with Gasteiger partial charge in [-0.25, -0.2) is 4.98 Å². The van der Waals surface area contributed by atoms with Crippen LogP contribution in [0.3, 0.4) is 0 Å². The second kappa shape index (κ2) is 8.11. The van der Waals surface area contributed by atoms with Gasteiger partial charge < -0.3 is 15.5 Å². The van der Waals surface area contributed by atoms with Crippen molar-refractivity contribution in [3.63, 3.8) is 0 Å². The second-order valence-corrected chi connectivity index (χ2v) is 7.03. The van der Waals surface area contributed by atoms with E-state index < -0.39 is 6.04 Å². The molecule has 3 heterocycles. The first kappa shape index (κ1) is 17.4. The molecule has 0 spiro atoms. The molecule has 0 aromatic carbocycles. The average molecular weight is 358 g/mol. The van der Waals surface area contributed by atoms with Gasteiger partial charge in [0.25, 0.3) is 5.91 Å². The van der Waals surface area contributed by atoms with E-state index >= 15 is 0 Å². The van der Waals surface area contributed by atoms with Crippen LogP contribution in [0.2, 0.25) is 0 Å². The van der Waals surface area contributed by atoms with E-state index in [1.165, 1.54) is 17.8 Å². The lowest BCUT2D eigenvalue weighted by molar-refractivity contribution is -0.117. The molecular formula is C18H22N4O2S. The van der Waals surface area contributed by atoms with Crippen LogP contribution in [-0.2, 0) is 4.79 Å². The van der Waals surface area contributed by atoms with Crippen molar-refractivity contribution in [3.8, 4) is 0 Å². The minimum atomic E-state index is -0.635. The molecule has 2 amide bonds. The zero-order valence-corrected chi connectivity index (χ0v) is 15.0. The van der Waals surface area contributed by atoms with Gasteiger partial charge in [-0.05, 0) is 49.8 Å². The summed E-state index contributed by atoms with van der Waals surface area (Å²) in [6.07, 6.45) is 5.24. The third-order valence-electron chi connectivity index (χ3n) is 4.19. The summed E-state index contributed by atoms with van der Waals surface area (Å²) in [5.74, 6) is 0.309. The average Bonchev–Trinajstić information content (AvgIpc) is 3.17. The van der Waals surface area contributed by atoms with E-state index in [9.17, 15) is 9.59 Å². The first-order valence-corrected chi connectivity index (χ1v) is 9.38. The summed E-state index contributed by atoms with van der Waals surface area (Å²) in [5, 5.41) is 7.46. The molecule has 0 aliphatic carbocycles. The van der Waals surface area contributed by atoms with Crippen LogP contribution in [-0.4, -0.2) is 35.9 Å². The highest BCUT2D eigenvalue weighted by molar-refractivity contribution is 7.12. The number of carbonyl (C=O) groups excluding carboxylic acids is 2. The summed E-state index contributed by atoms with van der Waals surface area (Å²) < 4.78 is 0. The van der Waals surface area contributed by atoms with Gasteiger partial charge in [-0.3, -0.25) is 9.59 Å². The van der Waals surface area contributed by atoms with E-state index in [0.29, 0.717) is 10.6 Å². The Kier molecular flexibility index (Phi) is 5.65. The van der Waals surface area contributed by atoms with Gasteiger partial charge in [-0.2, -0.15) is 0 Å². The van der Waals surface area contributed by atoms with Crippen LogP contribution >= 0.6 is 11.3 Å². The molecule has 1 fully saturated rings. The first-order valence-electron chi connectivity index (χ1n) is 8.50. The maximum absolute atomic E-state index is 12.5. The number of carbonyl (C=O) groups is 2. The van der Waals surface area contributed by atoms with Crippen molar-refractivity contribution >= 4 is 34.7 Å². The number of amides is 2. The van der Waals surface area contributed by atoms with E-state index in [4.69, 9.17) is 0 Å². The van der Waals surface area contributed by atoms with Crippen molar-refractivity contribution in [1.82, 2.24) is 10.3 Å². The third-order valence-corrected chi connectivity index (χ3v) is 5.05. The summed E-state index contributed by atoms with van der Waals surface area (Å²) >= 11 is 1.35. The summed E-state index contributed by atoms with van der Waals surface area (Å²) in [7, 11) is 0. The van der Waals surface area contributed by atoms with Crippen LogP contribution in [0.4, 0.5) is 11.5 Å². The lowest BCUT2D eigenvalue weighted by Gasteiger charge is -2.29. The molecule has 1 aliphatic heterocycles. The molecule has 0 radical (unpaired) electrons. The Morgan fingerprint density at radius 1 is 1.20 bits per heavy atom. The Bertz CT molecular complexity index is 726. The number of pyridine rings is 1. The molecule has 6 nitrogen and oxygen atoms in total. The fourth-order valence-electron chi connectivity index (χ4n) is 2.83. The summed E-state index contributed by atoms with van der Waals surface area (Å²) in [6.45, 7) is 3.58. The van der Waals surface area contributed by atoms with Crippen LogP contribution in [0.5, 0.6) is 0 Å². The number of thiophene rings is 1. The van der Waals surface area contributed by atoms with Gasteiger partial charge in [0.1, 0.15) is 6.04 Å². The van der Waals surface area contributed by atoms with Crippen molar-refractivity contribution in [3.05, 3.63) is 40.7 Å². The van der Waals surface area contributed by atoms with E-state index in [1.54, 1.807) is 25.3 Å². The molecule has 0 unspecified atom stereocenters. The SMILES string of the molecule is C[C@@H](NC(=O)c1cccs1)C(=O)Nc1cccnc1N1CCCCC1. The fourth-order valence-corrected chi connectivity index (χ4v) is 3.46. The highest BCUT2D eigenvalue weighted by Crippen LogP contribution is 2.25. The number of hydrogen-bond donors (Lipinski definition) is 2. The zero-order chi connectivity index (χ0) is 17.6. The summed E-state index contributed by atoms with van der Waals surface area (Å²) in [6, 6.07) is 6.56. The molecule has 0 saturated carbocycles. The maximum Gasteiger partial charge on any atom is 0.261 e. The Hall–Kier alpha value is -2.41. The van der Waals surface area contributed by atoms with E-state index in [-0.39, 0.29) is 11.8 Å². The Morgan fingerprint density at radius 3 is 2.72 bits per heavy atom. The van der Waals surface area contributed by atoms with Gasteiger partial charge in [0.05, 0.1) is 10.6 Å². The minimum Gasteiger partial charge on any atom is -0.355 e. The first-order chi connectivity index (χ1) is 12.1. The monoisotopic (exact) mass is 358 g/mol. The third kappa shape index (κ3) is 4.36. The molecule has 25 heavy (non-hydrogen) atoms. The lowest BCUT2D eigenvalue weighted by Crippen LogP contribution is -2.41. The van der Waals surface area contributed by atoms with Gasteiger partial charge in [-0.15, -0.1) is 11.3 Å². The molecule has 2 aromatic rings. The predicted molar refractivity (Wildman–Crippen MR) is 100 cm³/mol. The molecule has 2 aromatic heterocycles. The Morgan fingerprint density at radius 2 is 2.00 bits per heavy atom. The highest BCUT2D eigenvalue weighted by atomic mass is 32.1. The summed E-state index contributed by atoms with van der Waals surface area (Å²) in [4.78, 5) is 31.8. The van der Waals surface area contributed by atoms with Crippen molar-refractivity contribution in [2.45, 2.75) is 32.2 Å². The topological polar surface area (TPSA) is 74.3 Å². The second-order valence-electron chi connectivity index (χ2n) is 6.08. The van der Waals surface area contributed by atoms with E-state index in [0.717, 1.165) is 31.7 Å². The highest BCUT2D eigenvalue weighted by Gasteiger charge is 2.21. The number of piperidine rings is 1. The molecule has 1 aliphatic rings. The number of nitrogens with zero attached hydrogens (tertiary/aromatic N) is 2. The summed E-state index contributed by atoms with van der Waals surface area (Å²) in [5.41, 5.74) is 0.687. The van der Waals surface area contributed by atoms with Crippen LogP contribution in [0.15, 0.2) is 35.8 Å². The van der Waals surface area contributed by atoms with Crippen molar-refractivity contribution < 1.29 is 9.59 Å². The van der Waals surface area contributed by atoms with Crippen LogP contribution < -0.4 is 15.5 Å². The number of hydrogen-bond acceptors (Lipinski definition) is 5. The predicted octanol–water partition coefficient (Wildman–Crippen LogP) is 2.89. The van der Waals surface area contributed by atoms with Crippen LogP contribution in [0.1, 0.15) is 35.9 Å². The molecule has 1 atom stereocenters. The molecule has 7 heteroatoms. The number of nitrogens with one attached hydrogen (secondary N) is 2. The lowest BCUT2D eigenvalue weighted by atomic mass is 10.1. The molecule has 2 N–H and O–H groups in total. The number of aromatic nitrogens is 1. The van der Waals surface area contributed by atoms with Crippen molar-refractivity contribution in [2.75, 3.05) is 23.3 Å². The molecule has 0 bridgehead atoms. The van der Waals surface area contributed by atoms with Gasteiger partial charge in [-0.1, -0.05) is 6.07 Å². The zero-order valence-electron chi connectivity index (χ0n) is 14.2. The van der Waals surface area contributed by atoms with E-state index in [1.807, 2.05) is 17.5 Å². The normalized spacial score (nSPS) is 15.5. The largest absolute Gasteiger partial charge is 0.355 e. The molecule has 1 saturated heterocycles. The van der Waals surface area contributed by atoms with Crippen molar-refractivity contribution in [2.24, 2.45) is 0 Å². The fraction of sp³-hybridized carbons (Fsp3) is 0.389. The van der Waals surface area contributed by atoms with Crippen molar-refractivity contribution in [1.29, 1.82) is 0 Å². The Balaban J connectivity index is 1.65. The molecule has 3 rings (SSSR count). The van der Waals surface area contributed by atoms with Crippen LogP contribution in [0, 0.1) is 0 Å². The number of anilines is 2. The van der Waals surface area contributed by atoms with Gasteiger partial charge in [0.15, 0.2) is 5.82 Å². The maximum atomic E-state index is 12.5. The molecule has 132 valence electrons. The minimum absolute atomic E-state index is 0.236. The van der Waals surface area contributed by atoms with Gasteiger partial charge >= 0.3 is 0 Å². The molecular weight excluding hydrogens is 336 g/mol. The smallest absolute Gasteiger partial charge is 0.261 e. The quantitative estimate of drug-likeness (QED) is 0.862. The Labute approximate surface area is 151 Å². The van der Waals surface area contributed by atoms with E-state index in [2.05, 4.69) is 20.5 Å². The standard InChI is InChI=1S/C18H22N4O2S/c1-13(20-18(24)15-8-6-12-25-15)17(23)21-14-7-5-9-19-16(14)22-10-3-2-4-11-22/h5-9,12-13H,2-4,10-11H2,1H3,(H,20,24)(H,21,23)/t13-/m1/s1. The van der Waals surface area contributed by atoms with Crippen LogP contribution in [0.25, 0.3) is 0 Å². The number of rotatable bonds is 5.